The van der Waals surface area contributed by atoms with Crippen molar-refractivity contribution in [2.75, 3.05) is 7.11 Å². The molecule has 2 aliphatic carbocycles. The van der Waals surface area contributed by atoms with E-state index in [9.17, 15) is 4.79 Å². The van der Waals surface area contributed by atoms with Crippen LogP contribution in [-0.2, 0) is 22.8 Å². The number of carbonyl (C=O) groups excluding carboxylic acids is 1. The molecule has 0 aromatic rings. The number of unbranched alkanes of at least 4 members (excludes halogenated alkanes) is 1. The molecule has 9 heteroatoms. The van der Waals surface area contributed by atoms with Gasteiger partial charge >= 0.3 is 5.97 Å². The SMILES string of the molecule is CCCC[C@H](C)C[C@@H](/C=C/[C@@H]1[C@@H]([C@@H](F)C#C[C@H]2CC[C@H](C(=O)OC)C2)[C@@H](O[Si](CC)(CC)CC)C[C@H]1O[Si](C)(C)C(C)(C)C)O[Si](C)(C)C(C)(C)C. The molecule has 0 amide bonds. The van der Waals surface area contributed by atoms with Gasteiger partial charge in [0.15, 0.2) is 31.1 Å². The first-order valence-corrected chi connectivity index (χ1v) is 29.3. The maximum atomic E-state index is 17.2. The summed E-state index contributed by atoms with van der Waals surface area (Å²) in [6, 6.07) is 3.03. The van der Waals surface area contributed by atoms with E-state index in [-0.39, 0.29) is 52.1 Å². The van der Waals surface area contributed by atoms with Crippen LogP contribution in [0.3, 0.4) is 0 Å². The highest BCUT2D eigenvalue weighted by Crippen LogP contribution is 2.47. The average molecular weight is 781 g/mol. The van der Waals surface area contributed by atoms with Crippen LogP contribution in [0.2, 0.25) is 54.4 Å². The van der Waals surface area contributed by atoms with Crippen molar-refractivity contribution in [1.29, 1.82) is 0 Å². The summed E-state index contributed by atoms with van der Waals surface area (Å²) in [5, 5.41) is 0.0937. The fourth-order valence-corrected chi connectivity index (χ4v) is 13.2. The number of ether oxygens (including phenoxy) is 1. The maximum absolute atomic E-state index is 17.2. The number of rotatable bonds is 18. The molecule has 2 aliphatic rings. The molecule has 0 N–H and O–H groups in total. The summed E-state index contributed by atoms with van der Waals surface area (Å²) < 4.78 is 43.9. The second-order valence-electron chi connectivity index (χ2n) is 19.4. The number of carbonyl (C=O) groups is 1. The van der Waals surface area contributed by atoms with E-state index < -0.39 is 37.0 Å². The van der Waals surface area contributed by atoms with Crippen LogP contribution in [0.1, 0.15) is 128 Å². The van der Waals surface area contributed by atoms with Crippen molar-refractivity contribution in [3.05, 3.63) is 12.2 Å². The normalized spacial score (nSPS) is 26.6. The Hall–Kier alpha value is -0.769. The van der Waals surface area contributed by atoms with E-state index >= 15 is 4.39 Å². The first-order valence-electron chi connectivity index (χ1n) is 20.9. The minimum atomic E-state index is -2.22. The van der Waals surface area contributed by atoms with Gasteiger partial charge in [0.1, 0.15) is 0 Å². The zero-order chi connectivity index (χ0) is 39.7. The molecule has 2 rings (SSSR count). The minimum absolute atomic E-state index is 0.00115. The van der Waals surface area contributed by atoms with Gasteiger partial charge in [-0.3, -0.25) is 4.79 Å². The predicted molar refractivity (Wildman–Crippen MR) is 226 cm³/mol. The lowest BCUT2D eigenvalue weighted by Gasteiger charge is -2.40. The number of esters is 1. The lowest BCUT2D eigenvalue weighted by atomic mass is 9.88. The van der Waals surface area contributed by atoms with Crippen LogP contribution in [-0.4, -0.2) is 62.5 Å². The van der Waals surface area contributed by atoms with Crippen molar-refractivity contribution < 1.29 is 27.2 Å². The summed E-state index contributed by atoms with van der Waals surface area (Å²) >= 11 is 0. The number of methoxy groups -OCH3 is 1. The Morgan fingerprint density at radius 2 is 1.48 bits per heavy atom. The molecule has 0 bridgehead atoms. The topological polar surface area (TPSA) is 54.0 Å². The highest BCUT2D eigenvalue weighted by atomic mass is 28.4. The van der Waals surface area contributed by atoms with Crippen molar-refractivity contribution in [3.63, 3.8) is 0 Å². The Labute approximate surface area is 324 Å². The zero-order valence-electron chi connectivity index (χ0n) is 36.5. The van der Waals surface area contributed by atoms with Crippen molar-refractivity contribution >= 4 is 30.9 Å². The van der Waals surface area contributed by atoms with Crippen LogP contribution in [0, 0.1) is 41.4 Å². The first-order chi connectivity index (χ1) is 24.0. The highest BCUT2D eigenvalue weighted by molar-refractivity contribution is 6.74. The Morgan fingerprint density at radius 3 is 2.00 bits per heavy atom. The van der Waals surface area contributed by atoms with Gasteiger partial charge in [0.05, 0.1) is 31.3 Å². The van der Waals surface area contributed by atoms with Crippen molar-refractivity contribution in [2.45, 2.75) is 206 Å². The number of alkyl halides is 1. The quantitative estimate of drug-likeness (QED) is 0.0600. The predicted octanol–water partition coefficient (Wildman–Crippen LogP) is 12.5. The Kier molecular flexibility index (Phi) is 18.1. The van der Waals surface area contributed by atoms with Gasteiger partial charge in [0.25, 0.3) is 0 Å². The highest BCUT2D eigenvalue weighted by Gasteiger charge is 2.52. The Balaban J connectivity index is 2.69. The van der Waals surface area contributed by atoms with Crippen molar-refractivity contribution in [3.8, 4) is 11.8 Å². The Morgan fingerprint density at radius 1 is 0.885 bits per heavy atom. The Bertz CT molecular complexity index is 1180. The van der Waals surface area contributed by atoms with E-state index in [1.807, 2.05) is 0 Å². The van der Waals surface area contributed by atoms with Gasteiger partial charge < -0.3 is 18.0 Å². The summed E-state index contributed by atoms with van der Waals surface area (Å²) in [5.41, 5.74) is 0. The maximum Gasteiger partial charge on any atom is 0.308 e. The molecule has 5 nitrogen and oxygen atoms in total. The third-order valence-corrected chi connectivity index (χ3v) is 27.2. The molecule has 0 unspecified atom stereocenters. The lowest BCUT2D eigenvalue weighted by molar-refractivity contribution is -0.145. The van der Waals surface area contributed by atoms with Gasteiger partial charge in [-0.15, -0.1) is 0 Å². The summed E-state index contributed by atoms with van der Waals surface area (Å²) in [4.78, 5) is 12.2. The second kappa shape index (κ2) is 19.9. The van der Waals surface area contributed by atoms with Gasteiger partial charge in [-0.2, -0.15) is 0 Å². The summed E-state index contributed by atoms with van der Waals surface area (Å²) in [6.45, 7) is 34.4. The van der Waals surface area contributed by atoms with Crippen LogP contribution in [0.5, 0.6) is 0 Å². The molecule has 302 valence electrons. The molecule has 0 radical (unpaired) electrons. The van der Waals surface area contributed by atoms with E-state index in [2.05, 4.69) is 126 Å². The largest absolute Gasteiger partial charge is 0.469 e. The smallest absolute Gasteiger partial charge is 0.308 e. The lowest BCUT2D eigenvalue weighted by Crippen LogP contribution is -2.45. The summed E-state index contributed by atoms with van der Waals surface area (Å²) in [5.74, 6) is 5.99. The molecule has 2 saturated carbocycles. The van der Waals surface area contributed by atoms with Crippen LogP contribution < -0.4 is 0 Å². The fraction of sp³-hybridized carbons (Fsp3) is 0.884. The molecule has 0 aliphatic heterocycles. The summed E-state index contributed by atoms with van der Waals surface area (Å²) in [6.07, 6.45) is 10.1. The fourth-order valence-electron chi connectivity index (χ4n) is 7.63. The van der Waals surface area contributed by atoms with Crippen molar-refractivity contribution in [2.24, 2.45) is 29.6 Å². The molecule has 0 heterocycles. The van der Waals surface area contributed by atoms with E-state index in [1.54, 1.807) is 0 Å². The van der Waals surface area contributed by atoms with Crippen LogP contribution in [0.4, 0.5) is 4.39 Å². The molecule has 2 fully saturated rings. The molecule has 0 aromatic heterocycles. The molecular weight excluding hydrogens is 700 g/mol. The second-order valence-corrected chi connectivity index (χ2v) is 33.6. The minimum Gasteiger partial charge on any atom is -0.469 e. The molecule has 52 heavy (non-hydrogen) atoms. The molecular formula is C43H81FO5Si3. The third kappa shape index (κ3) is 12.9. The molecule has 0 saturated heterocycles. The molecule has 0 aromatic carbocycles. The van der Waals surface area contributed by atoms with E-state index in [4.69, 9.17) is 18.0 Å². The monoisotopic (exact) mass is 781 g/mol. The molecule has 0 spiro atoms. The van der Waals surface area contributed by atoms with Gasteiger partial charge in [-0.05, 0) is 92.4 Å². The van der Waals surface area contributed by atoms with E-state index in [1.165, 1.54) is 26.4 Å². The van der Waals surface area contributed by atoms with Gasteiger partial charge in [-0.25, -0.2) is 4.39 Å². The number of hydrogen-bond acceptors (Lipinski definition) is 5. The van der Waals surface area contributed by atoms with Crippen molar-refractivity contribution in [1.82, 2.24) is 0 Å². The third-order valence-electron chi connectivity index (χ3n) is 13.6. The van der Waals surface area contributed by atoms with Crippen LogP contribution in [0.15, 0.2) is 12.2 Å². The van der Waals surface area contributed by atoms with Crippen LogP contribution >= 0.6 is 0 Å². The molecule has 9 atom stereocenters. The van der Waals surface area contributed by atoms with Gasteiger partial charge in [-0.1, -0.05) is 119 Å². The van der Waals surface area contributed by atoms with E-state index in [0.29, 0.717) is 18.8 Å². The standard InChI is InChI=1S/C43H81FO5Si3/c1-17-21-22-32(5)29-35(47-50(13,14)42(6,7)8)26-27-36-38(48-51(15,16)43(9,10)11)31-39(49-52(18-2,19-3)20-4)40(36)37(44)28-24-33-23-25-34(30-33)41(45)46-12/h26-27,32-40H,17-23,25,29-31H2,1-16H3/b27-26+/t32-,33+,34-,35+,36-,37-,38+,39-,40-/m0/s1. The van der Waals surface area contributed by atoms with Gasteiger partial charge in [0.2, 0.25) is 0 Å². The number of hydrogen-bond donors (Lipinski definition) is 0. The number of halogens is 1. The zero-order valence-corrected chi connectivity index (χ0v) is 39.5. The summed E-state index contributed by atoms with van der Waals surface area (Å²) in [7, 11) is -4.95. The van der Waals surface area contributed by atoms with Crippen LogP contribution in [0.25, 0.3) is 0 Å². The average Bonchev–Trinajstić information content (AvgIpc) is 3.66. The van der Waals surface area contributed by atoms with E-state index in [0.717, 1.165) is 37.4 Å². The van der Waals surface area contributed by atoms with Gasteiger partial charge in [0, 0.05) is 17.8 Å². The first kappa shape index (κ1) is 47.4.